The molecule has 56 valence electrons. The first kappa shape index (κ1) is 6.47. The quantitative estimate of drug-likeness (QED) is 0.596. The fraction of sp³-hybridized carbons (Fsp3) is 0.200. The smallest absolute Gasteiger partial charge is 0.123 e. The van der Waals surface area contributed by atoms with Crippen LogP contribution < -0.4 is 0 Å². The third kappa shape index (κ3) is 0.845. The minimum atomic E-state index is 0.392. The molecule has 1 heteroatoms. The van der Waals surface area contributed by atoms with Crippen molar-refractivity contribution < 1.29 is 5.11 Å². The van der Waals surface area contributed by atoms with Gasteiger partial charge >= 0.3 is 0 Å². The van der Waals surface area contributed by atoms with Crippen LogP contribution in [-0.4, -0.2) is 5.11 Å². The molecular weight excluding hydrogens is 136 g/mol. The maximum atomic E-state index is 9.40. The van der Waals surface area contributed by atoms with Gasteiger partial charge in [-0.3, -0.25) is 0 Å². The Morgan fingerprint density at radius 3 is 2.91 bits per heavy atom. The molecular formula is C10H10O. The molecule has 1 aromatic carbocycles. The zero-order chi connectivity index (χ0) is 7.84. The average molecular weight is 146 g/mol. The van der Waals surface area contributed by atoms with Crippen LogP contribution in [0, 0.1) is 0 Å². The van der Waals surface area contributed by atoms with Crippen molar-refractivity contribution in [1.82, 2.24) is 0 Å². The SMILES string of the molecule is CC1C=Cc2c(O)cccc21. The van der Waals surface area contributed by atoms with E-state index in [2.05, 4.69) is 19.1 Å². The summed E-state index contributed by atoms with van der Waals surface area (Å²) >= 11 is 0. The Balaban J connectivity index is 2.65. The minimum Gasteiger partial charge on any atom is -0.507 e. The molecule has 0 spiro atoms. The number of allylic oxidation sites excluding steroid dienone is 1. The maximum absolute atomic E-state index is 9.40. The fourth-order valence-corrected chi connectivity index (χ4v) is 1.49. The molecule has 2 rings (SSSR count). The molecule has 0 fully saturated rings. The van der Waals surface area contributed by atoms with E-state index in [0.29, 0.717) is 11.7 Å². The Morgan fingerprint density at radius 2 is 2.18 bits per heavy atom. The number of phenolic OH excluding ortho intramolecular Hbond substituents is 1. The molecule has 0 bridgehead atoms. The lowest BCUT2D eigenvalue weighted by atomic mass is 10.0. The average Bonchev–Trinajstić information content (AvgIpc) is 2.35. The van der Waals surface area contributed by atoms with Crippen molar-refractivity contribution in [2.45, 2.75) is 12.8 Å². The van der Waals surface area contributed by atoms with Gasteiger partial charge in [0.25, 0.3) is 0 Å². The highest BCUT2D eigenvalue weighted by Gasteiger charge is 2.14. The van der Waals surface area contributed by atoms with Gasteiger partial charge < -0.3 is 5.11 Å². The summed E-state index contributed by atoms with van der Waals surface area (Å²) in [5.74, 6) is 0.847. The Bertz CT molecular complexity index is 313. The van der Waals surface area contributed by atoms with Gasteiger partial charge in [0.15, 0.2) is 0 Å². The van der Waals surface area contributed by atoms with Crippen molar-refractivity contribution in [3.8, 4) is 5.75 Å². The zero-order valence-electron chi connectivity index (χ0n) is 6.41. The number of benzene rings is 1. The lowest BCUT2D eigenvalue weighted by molar-refractivity contribution is 0.473. The summed E-state index contributed by atoms with van der Waals surface area (Å²) < 4.78 is 0. The highest BCUT2D eigenvalue weighted by molar-refractivity contribution is 5.67. The molecule has 0 aromatic heterocycles. The lowest BCUT2D eigenvalue weighted by Gasteiger charge is -2.04. The van der Waals surface area contributed by atoms with E-state index in [1.165, 1.54) is 5.56 Å². The third-order valence-electron chi connectivity index (χ3n) is 2.16. The number of aromatic hydroxyl groups is 1. The predicted octanol–water partition coefficient (Wildman–Crippen LogP) is 2.52. The van der Waals surface area contributed by atoms with Crippen LogP contribution in [0.15, 0.2) is 24.3 Å². The fourth-order valence-electron chi connectivity index (χ4n) is 1.49. The molecule has 1 unspecified atom stereocenters. The first-order valence-corrected chi connectivity index (χ1v) is 3.79. The van der Waals surface area contributed by atoms with Crippen LogP contribution in [0.4, 0.5) is 0 Å². The standard InChI is InChI=1S/C10H10O/c1-7-5-6-9-8(7)3-2-4-10(9)11/h2-7,11H,1H3. The number of hydrogen-bond acceptors (Lipinski definition) is 1. The third-order valence-corrected chi connectivity index (χ3v) is 2.16. The number of rotatable bonds is 0. The topological polar surface area (TPSA) is 20.2 Å². The molecule has 1 aromatic rings. The molecule has 1 aliphatic rings. The molecule has 0 radical (unpaired) electrons. The molecule has 1 aliphatic carbocycles. The largest absolute Gasteiger partial charge is 0.507 e. The van der Waals surface area contributed by atoms with Crippen LogP contribution >= 0.6 is 0 Å². The highest BCUT2D eigenvalue weighted by Crippen LogP contribution is 2.34. The van der Waals surface area contributed by atoms with Gasteiger partial charge in [0, 0.05) is 11.5 Å². The van der Waals surface area contributed by atoms with Crippen molar-refractivity contribution in [2.75, 3.05) is 0 Å². The van der Waals surface area contributed by atoms with Gasteiger partial charge in [0.05, 0.1) is 0 Å². The second kappa shape index (κ2) is 2.12. The van der Waals surface area contributed by atoms with Crippen LogP contribution in [0.2, 0.25) is 0 Å². The van der Waals surface area contributed by atoms with Crippen molar-refractivity contribution in [3.05, 3.63) is 35.4 Å². The Hall–Kier alpha value is -1.24. The van der Waals surface area contributed by atoms with E-state index in [1.807, 2.05) is 12.1 Å². The second-order valence-corrected chi connectivity index (χ2v) is 2.93. The summed E-state index contributed by atoms with van der Waals surface area (Å²) in [5.41, 5.74) is 2.21. The molecule has 0 aliphatic heterocycles. The molecule has 0 heterocycles. The van der Waals surface area contributed by atoms with E-state index >= 15 is 0 Å². The van der Waals surface area contributed by atoms with E-state index in [0.717, 1.165) is 5.56 Å². The molecule has 1 N–H and O–H groups in total. The second-order valence-electron chi connectivity index (χ2n) is 2.93. The molecule has 11 heavy (non-hydrogen) atoms. The monoisotopic (exact) mass is 146 g/mol. The summed E-state index contributed by atoms with van der Waals surface area (Å²) in [5, 5.41) is 9.40. The van der Waals surface area contributed by atoms with Crippen LogP contribution in [0.25, 0.3) is 6.08 Å². The lowest BCUT2D eigenvalue weighted by Crippen LogP contribution is -1.85. The Kier molecular flexibility index (Phi) is 1.25. The van der Waals surface area contributed by atoms with Gasteiger partial charge in [-0.15, -0.1) is 0 Å². The van der Waals surface area contributed by atoms with Crippen LogP contribution in [0.3, 0.4) is 0 Å². The first-order valence-electron chi connectivity index (χ1n) is 3.79. The van der Waals surface area contributed by atoms with Crippen LogP contribution in [0.1, 0.15) is 24.0 Å². The normalized spacial score (nSPS) is 20.3. The summed E-state index contributed by atoms with van der Waals surface area (Å²) in [6.45, 7) is 2.13. The van der Waals surface area contributed by atoms with Crippen molar-refractivity contribution in [2.24, 2.45) is 0 Å². The van der Waals surface area contributed by atoms with Gasteiger partial charge in [-0.05, 0) is 11.6 Å². The summed E-state index contributed by atoms with van der Waals surface area (Å²) in [6.07, 6.45) is 4.08. The Morgan fingerprint density at radius 1 is 1.36 bits per heavy atom. The van der Waals surface area contributed by atoms with Crippen molar-refractivity contribution in [1.29, 1.82) is 0 Å². The van der Waals surface area contributed by atoms with Crippen LogP contribution in [-0.2, 0) is 0 Å². The Labute approximate surface area is 66.0 Å². The molecule has 1 atom stereocenters. The number of fused-ring (bicyclic) bond motifs is 1. The number of hydrogen-bond donors (Lipinski definition) is 1. The molecule has 1 nitrogen and oxygen atoms in total. The van der Waals surface area contributed by atoms with Gasteiger partial charge in [0.1, 0.15) is 5.75 Å². The van der Waals surface area contributed by atoms with Crippen molar-refractivity contribution >= 4 is 6.08 Å². The first-order chi connectivity index (χ1) is 5.29. The van der Waals surface area contributed by atoms with E-state index in [9.17, 15) is 5.11 Å². The van der Waals surface area contributed by atoms with E-state index in [-0.39, 0.29) is 0 Å². The molecule has 0 amide bonds. The van der Waals surface area contributed by atoms with Crippen LogP contribution in [0.5, 0.6) is 5.75 Å². The minimum absolute atomic E-state index is 0.392. The van der Waals surface area contributed by atoms with Gasteiger partial charge in [-0.1, -0.05) is 31.2 Å². The van der Waals surface area contributed by atoms with E-state index in [4.69, 9.17) is 0 Å². The summed E-state index contributed by atoms with van der Waals surface area (Å²) in [4.78, 5) is 0. The highest BCUT2D eigenvalue weighted by atomic mass is 16.3. The summed E-state index contributed by atoms with van der Waals surface area (Å²) in [7, 11) is 0. The van der Waals surface area contributed by atoms with E-state index in [1.54, 1.807) is 6.07 Å². The maximum Gasteiger partial charge on any atom is 0.123 e. The van der Waals surface area contributed by atoms with E-state index < -0.39 is 0 Å². The molecule has 0 saturated carbocycles. The number of phenols is 1. The van der Waals surface area contributed by atoms with Gasteiger partial charge in [-0.25, -0.2) is 0 Å². The summed E-state index contributed by atoms with van der Waals surface area (Å²) in [6, 6.07) is 5.67. The zero-order valence-corrected chi connectivity index (χ0v) is 6.41. The van der Waals surface area contributed by atoms with Gasteiger partial charge in [-0.2, -0.15) is 0 Å². The van der Waals surface area contributed by atoms with Gasteiger partial charge in [0.2, 0.25) is 0 Å². The molecule has 0 saturated heterocycles. The predicted molar refractivity (Wildman–Crippen MR) is 45.6 cm³/mol. The van der Waals surface area contributed by atoms with Crippen molar-refractivity contribution in [3.63, 3.8) is 0 Å².